The molecule has 0 N–H and O–H groups in total. The van der Waals surface area contributed by atoms with Crippen molar-refractivity contribution in [2.45, 2.75) is 6.61 Å². The maximum atomic E-state index is 12.5. The van der Waals surface area contributed by atoms with Crippen LogP contribution in [-0.4, -0.2) is 18.1 Å². The van der Waals surface area contributed by atoms with Gasteiger partial charge in [0, 0.05) is 5.56 Å². The van der Waals surface area contributed by atoms with Crippen molar-refractivity contribution in [3.8, 4) is 17.1 Å². The Balaban J connectivity index is 1.51. The van der Waals surface area contributed by atoms with Gasteiger partial charge in [0.2, 0.25) is 5.89 Å². The average Bonchev–Trinajstić information content (AvgIpc) is 3.20. The number of benzene rings is 3. The predicted molar refractivity (Wildman–Crippen MR) is 102 cm³/mol. The third-order valence-electron chi connectivity index (χ3n) is 4.23. The Kier molecular flexibility index (Phi) is 4.58. The van der Waals surface area contributed by atoms with Crippen LogP contribution < -0.4 is 4.74 Å². The topological polar surface area (TPSA) is 61.6 Å². The number of esters is 1. The first-order valence-electron chi connectivity index (χ1n) is 8.48. The summed E-state index contributed by atoms with van der Waals surface area (Å²) in [6.07, 6.45) is 1.62. The molecule has 27 heavy (non-hydrogen) atoms. The third kappa shape index (κ3) is 3.53. The zero-order valence-corrected chi connectivity index (χ0v) is 14.7. The molecule has 3 aromatic carbocycles. The van der Waals surface area contributed by atoms with Crippen LogP contribution in [0.1, 0.15) is 16.2 Å². The molecule has 0 fully saturated rings. The van der Waals surface area contributed by atoms with Gasteiger partial charge in [0.1, 0.15) is 11.3 Å². The fraction of sp³-hybridized carbons (Fsp3) is 0.0909. The number of methoxy groups -OCH3 is 1. The van der Waals surface area contributed by atoms with Crippen LogP contribution >= 0.6 is 0 Å². The monoisotopic (exact) mass is 359 g/mol. The molecule has 1 aromatic heterocycles. The predicted octanol–water partition coefficient (Wildman–Crippen LogP) is 4.86. The van der Waals surface area contributed by atoms with Gasteiger partial charge in [0.05, 0.1) is 13.3 Å². The van der Waals surface area contributed by atoms with Crippen molar-refractivity contribution < 1.29 is 18.7 Å². The average molecular weight is 359 g/mol. The van der Waals surface area contributed by atoms with Crippen LogP contribution in [0.15, 0.2) is 77.3 Å². The van der Waals surface area contributed by atoms with E-state index in [9.17, 15) is 4.79 Å². The van der Waals surface area contributed by atoms with E-state index in [4.69, 9.17) is 13.9 Å². The fourth-order valence-electron chi connectivity index (χ4n) is 2.87. The molecule has 0 spiro atoms. The van der Waals surface area contributed by atoms with Gasteiger partial charge in [0.25, 0.3) is 0 Å². The van der Waals surface area contributed by atoms with Crippen molar-refractivity contribution in [2.24, 2.45) is 0 Å². The quantitative estimate of drug-likeness (QED) is 0.476. The molecule has 134 valence electrons. The molecule has 4 aromatic rings. The van der Waals surface area contributed by atoms with Gasteiger partial charge in [-0.05, 0) is 22.9 Å². The van der Waals surface area contributed by atoms with E-state index in [0.29, 0.717) is 23.0 Å². The number of carbonyl (C=O) groups excluding carboxylic acids is 1. The molecular weight excluding hydrogens is 342 g/mol. The molecule has 5 heteroatoms. The van der Waals surface area contributed by atoms with Crippen LogP contribution in [0.4, 0.5) is 0 Å². The lowest BCUT2D eigenvalue weighted by atomic mass is 10.1. The summed E-state index contributed by atoms with van der Waals surface area (Å²) in [4.78, 5) is 16.7. The SMILES string of the molecule is COc1cc2ccccc2cc1C(=O)OCc1ncc(-c2ccccc2)o1. The van der Waals surface area contributed by atoms with Gasteiger partial charge in [-0.1, -0.05) is 54.6 Å². The number of nitrogens with zero attached hydrogens (tertiary/aromatic N) is 1. The van der Waals surface area contributed by atoms with Crippen LogP contribution in [0.3, 0.4) is 0 Å². The van der Waals surface area contributed by atoms with E-state index in [2.05, 4.69) is 4.98 Å². The number of carbonyl (C=O) groups is 1. The zero-order chi connectivity index (χ0) is 18.6. The summed E-state index contributed by atoms with van der Waals surface area (Å²) in [5.41, 5.74) is 1.28. The maximum absolute atomic E-state index is 12.5. The molecule has 0 aliphatic carbocycles. The van der Waals surface area contributed by atoms with Crippen LogP contribution in [0.25, 0.3) is 22.1 Å². The highest BCUT2D eigenvalue weighted by Gasteiger charge is 2.16. The van der Waals surface area contributed by atoms with Gasteiger partial charge >= 0.3 is 5.97 Å². The molecule has 0 saturated carbocycles. The minimum Gasteiger partial charge on any atom is -0.496 e. The number of aromatic nitrogens is 1. The molecule has 0 aliphatic heterocycles. The summed E-state index contributed by atoms with van der Waals surface area (Å²) >= 11 is 0. The summed E-state index contributed by atoms with van der Waals surface area (Å²) in [5.74, 6) is 0.944. The Morgan fingerprint density at radius 1 is 1.00 bits per heavy atom. The maximum Gasteiger partial charge on any atom is 0.342 e. The Morgan fingerprint density at radius 2 is 1.70 bits per heavy atom. The number of rotatable bonds is 5. The number of oxazole rings is 1. The molecular formula is C22H17NO4. The normalized spacial score (nSPS) is 10.7. The van der Waals surface area contributed by atoms with E-state index < -0.39 is 5.97 Å². The van der Waals surface area contributed by atoms with Crippen molar-refractivity contribution in [3.63, 3.8) is 0 Å². The van der Waals surface area contributed by atoms with Crippen LogP contribution in [-0.2, 0) is 11.3 Å². The lowest BCUT2D eigenvalue weighted by molar-refractivity contribution is 0.0435. The van der Waals surface area contributed by atoms with Crippen molar-refractivity contribution in [3.05, 3.63) is 84.4 Å². The molecule has 0 aliphatic rings. The van der Waals surface area contributed by atoms with E-state index >= 15 is 0 Å². The first-order chi connectivity index (χ1) is 13.2. The highest BCUT2D eigenvalue weighted by Crippen LogP contribution is 2.27. The summed E-state index contributed by atoms with van der Waals surface area (Å²) in [6, 6.07) is 21.0. The van der Waals surface area contributed by atoms with E-state index in [1.165, 1.54) is 7.11 Å². The second-order valence-corrected chi connectivity index (χ2v) is 5.96. The number of ether oxygens (including phenoxy) is 2. The van der Waals surface area contributed by atoms with Gasteiger partial charge in [-0.15, -0.1) is 0 Å². The smallest absolute Gasteiger partial charge is 0.342 e. The van der Waals surface area contributed by atoms with E-state index in [1.807, 2.05) is 60.7 Å². The molecule has 5 nitrogen and oxygen atoms in total. The van der Waals surface area contributed by atoms with Crippen molar-refractivity contribution >= 4 is 16.7 Å². The zero-order valence-electron chi connectivity index (χ0n) is 14.7. The summed E-state index contributed by atoms with van der Waals surface area (Å²) in [7, 11) is 1.53. The second kappa shape index (κ2) is 7.33. The lowest BCUT2D eigenvalue weighted by Crippen LogP contribution is -2.07. The molecule has 0 amide bonds. The van der Waals surface area contributed by atoms with Gasteiger partial charge in [0.15, 0.2) is 12.4 Å². The molecule has 0 unspecified atom stereocenters. The third-order valence-corrected chi connectivity index (χ3v) is 4.23. The molecule has 1 heterocycles. The van der Waals surface area contributed by atoms with Crippen LogP contribution in [0, 0.1) is 0 Å². The first kappa shape index (κ1) is 16.8. The highest BCUT2D eigenvalue weighted by atomic mass is 16.5. The largest absolute Gasteiger partial charge is 0.496 e. The van der Waals surface area contributed by atoms with E-state index in [-0.39, 0.29) is 6.61 Å². The van der Waals surface area contributed by atoms with Crippen LogP contribution in [0.2, 0.25) is 0 Å². The van der Waals surface area contributed by atoms with Crippen LogP contribution in [0.5, 0.6) is 5.75 Å². The van der Waals surface area contributed by atoms with E-state index in [1.54, 1.807) is 12.3 Å². The number of fused-ring (bicyclic) bond motifs is 1. The standard InChI is InChI=1S/C22H17NO4/c1-25-19-12-17-10-6-5-9-16(17)11-18(19)22(24)26-14-21-23-13-20(27-21)15-7-3-2-4-8-15/h2-13H,14H2,1H3. The second-order valence-electron chi connectivity index (χ2n) is 5.96. The van der Waals surface area contributed by atoms with Crippen molar-refractivity contribution in [1.29, 1.82) is 0 Å². The van der Waals surface area contributed by atoms with Crippen molar-refractivity contribution in [2.75, 3.05) is 7.11 Å². The molecule has 4 rings (SSSR count). The minimum atomic E-state index is -0.489. The summed E-state index contributed by atoms with van der Waals surface area (Å²) < 4.78 is 16.4. The molecule has 0 radical (unpaired) electrons. The van der Waals surface area contributed by atoms with Gasteiger partial charge in [-0.3, -0.25) is 0 Å². The Labute approximate surface area is 156 Å². The Morgan fingerprint density at radius 3 is 2.44 bits per heavy atom. The molecule has 0 saturated heterocycles. The van der Waals surface area contributed by atoms with Gasteiger partial charge < -0.3 is 13.9 Å². The fourth-order valence-corrected chi connectivity index (χ4v) is 2.87. The Bertz CT molecular complexity index is 1090. The Hall–Kier alpha value is -3.60. The molecule has 0 bridgehead atoms. The summed E-state index contributed by atoms with van der Waals surface area (Å²) in [5, 5.41) is 1.93. The molecule has 0 atom stereocenters. The number of hydrogen-bond acceptors (Lipinski definition) is 5. The lowest BCUT2D eigenvalue weighted by Gasteiger charge is -2.09. The van der Waals surface area contributed by atoms with Gasteiger partial charge in [-0.2, -0.15) is 0 Å². The number of hydrogen-bond donors (Lipinski definition) is 0. The first-order valence-corrected chi connectivity index (χ1v) is 8.48. The minimum absolute atomic E-state index is 0.0539. The van der Waals surface area contributed by atoms with E-state index in [0.717, 1.165) is 16.3 Å². The highest BCUT2D eigenvalue weighted by molar-refractivity contribution is 5.98. The van der Waals surface area contributed by atoms with Crippen molar-refractivity contribution in [1.82, 2.24) is 4.98 Å². The summed E-state index contributed by atoms with van der Waals surface area (Å²) in [6.45, 7) is -0.0539. The van der Waals surface area contributed by atoms with Gasteiger partial charge in [-0.25, -0.2) is 9.78 Å².